The molecular formula is C22H24N4O2S. The molecule has 6 nitrogen and oxygen atoms in total. The van der Waals surface area contributed by atoms with Crippen LogP contribution in [0.5, 0.6) is 0 Å². The van der Waals surface area contributed by atoms with E-state index in [1.807, 2.05) is 13.0 Å². The average Bonchev–Trinajstić information content (AvgIpc) is 3.21. The molecule has 4 rings (SSSR count). The number of nitrogens with zero attached hydrogens (tertiary/aromatic N) is 3. The van der Waals surface area contributed by atoms with E-state index in [0.717, 1.165) is 41.6 Å². The van der Waals surface area contributed by atoms with Gasteiger partial charge in [-0.2, -0.15) is 0 Å². The molecule has 29 heavy (non-hydrogen) atoms. The van der Waals surface area contributed by atoms with E-state index in [1.165, 1.54) is 5.56 Å². The molecule has 0 spiro atoms. The lowest BCUT2D eigenvalue weighted by molar-refractivity contribution is 0.0952. The second kappa shape index (κ2) is 9.15. The zero-order valence-corrected chi connectivity index (χ0v) is 17.2. The summed E-state index contributed by atoms with van der Waals surface area (Å²) in [5, 5.41) is 6.17. The first kappa shape index (κ1) is 19.5. The summed E-state index contributed by atoms with van der Waals surface area (Å²) < 4.78 is 5.40. The summed E-state index contributed by atoms with van der Waals surface area (Å²) in [4.78, 5) is 23.8. The monoisotopic (exact) mass is 408 g/mol. The van der Waals surface area contributed by atoms with E-state index in [-0.39, 0.29) is 5.91 Å². The number of ether oxygens (including phenoxy) is 1. The number of carbonyl (C=O) groups excluding carboxylic acids is 1. The molecule has 1 N–H and O–H groups in total. The van der Waals surface area contributed by atoms with Gasteiger partial charge in [0.1, 0.15) is 5.82 Å². The van der Waals surface area contributed by atoms with E-state index in [0.29, 0.717) is 25.3 Å². The van der Waals surface area contributed by atoms with E-state index in [2.05, 4.69) is 49.8 Å². The lowest BCUT2D eigenvalue weighted by atomic mass is 10.1. The Labute approximate surface area is 174 Å². The zero-order valence-electron chi connectivity index (χ0n) is 16.4. The van der Waals surface area contributed by atoms with Crippen molar-refractivity contribution in [2.45, 2.75) is 13.3 Å². The van der Waals surface area contributed by atoms with Gasteiger partial charge in [0.25, 0.3) is 5.91 Å². The molecule has 7 heteroatoms. The fourth-order valence-electron chi connectivity index (χ4n) is 3.36. The van der Waals surface area contributed by atoms with Gasteiger partial charge >= 0.3 is 0 Å². The summed E-state index contributed by atoms with van der Waals surface area (Å²) in [6.45, 7) is 5.41. The first-order chi connectivity index (χ1) is 14.2. The van der Waals surface area contributed by atoms with Crippen LogP contribution in [0.4, 0.5) is 5.82 Å². The van der Waals surface area contributed by atoms with Crippen molar-refractivity contribution in [2.75, 3.05) is 37.7 Å². The molecule has 3 aromatic rings. The van der Waals surface area contributed by atoms with Crippen LogP contribution in [0.1, 0.15) is 20.9 Å². The third-order valence-corrected chi connectivity index (χ3v) is 5.68. The normalized spacial score (nSPS) is 14.0. The van der Waals surface area contributed by atoms with Crippen molar-refractivity contribution in [3.8, 4) is 11.3 Å². The Bertz CT molecular complexity index is 965. The second-order valence-corrected chi connectivity index (χ2v) is 7.99. The van der Waals surface area contributed by atoms with Crippen molar-refractivity contribution >= 4 is 23.1 Å². The number of hydrogen-bond acceptors (Lipinski definition) is 6. The van der Waals surface area contributed by atoms with Crippen molar-refractivity contribution in [3.63, 3.8) is 0 Å². The highest BCUT2D eigenvalue weighted by atomic mass is 32.1. The molecule has 0 radical (unpaired) electrons. The van der Waals surface area contributed by atoms with Gasteiger partial charge in [0.15, 0.2) is 0 Å². The molecule has 1 saturated heterocycles. The summed E-state index contributed by atoms with van der Waals surface area (Å²) >= 11 is 1.66. The minimum atomic E-state index is -0.0887. The molecular weight excluding hydrogens is 384 g/mol. The molecule has 150 valence electrons. The first-order valence-corrected chi connectivity index (χ1v) is 10.7. The summed E-state index contributed by atoms with van der Waals surface area (Å²) in [5.74, 6) is 0.644. The fourth-order valence-corrected chi connectivity index (χ4v) is 3.98. The van der Waals surface area contributed by atoms with E-state index < -0.39 is 0 Å². The molecule has 2 aromatic heterocycles. The largest absolute Gasteiger partial charge is 0.378 e. The SMILES string of the molecule is Cc1nc(-c2ccc(CCNC(=O)c3cccnc3N3CCOCC3)cc2)cs1. The number of benzene rings is 1. The highest BCUT2D eigenvalue weighted by molar-refractivity contribution is 7.09. The number of carbonyl (C=O) groups is 1. The Balaban J connectivity index is 1.34. The number of pyridine rings is 1. The molecule has 0 bridgehead atoms. The average molecular weight is 409 g/mol. The molecule has 1 aliphatic rings. The maximum Gasteiger partial charge on any atom is 0.255 e. The van der Waals surface area contributed by atoms with Crippen LogP contribution in [0, 0.1) is 6.92 Å². The number of amides is 1. The van der Waals surface area contributed by atoms with Crippen molar-refractivity contribution in [1.82, 2.24) is 15.3 Å². The number of morpholine rings is 1. The third kappa shape index (κ3) is 4.81. The van der Waals surface area contributed by atoms with Gasteiger partial charge in [-0.15, -0.1) is 11.3 Å². The van der Waals surface area contributed by atoms with Crippen LogP contribution in [0.15, 0.2) is 48.0 Å². The van der Waals surface area contributed by atoms with Crippen LogP contribution in [-0.4, -0.2) is 48.7 Å². The third-order valence-electron chi connectivity index (χ3n) is 4.91. The van der Waals surface area contributed by atoms with E-state index in [9.17, 15) is 4.79 Å². The van der Waals surface area contributed by atoms with Gasteiger partial charge in [-0.25, -0.2) is 9.97 Å². The van der Waals surface area contributed by atoms with Crippen LogP contribution in [0.2, 0.25) is 0 Å². The number of anilines is 1. The predicted octanol–water partition coefficient (Wildman–Crippen LogP) is 3.32. The fraction of sp³-hybridized carbons (Fsp3) is 0.318. The van der Waals surface area contributed by atoms with Gasteiger partial charge in [0.05, 0.1) is 29.5 Å². The minimum Gasteiger partial charge on any atom is -0.378 e. The predicted molar refractivity (Wildman–Crippen MR) is 116 cm³/mol. The van der Waals surface area contributed by atoms with Crippen molar-refractivity contribution < 1.29 is 9.53 Å². The van der Waals surface area contributed by atoms with Gasteiger partial charge in [-0.05, 0) is 31.0 Å². The number of aryl methyl sites for hydroxylation is 1. The lowest BCUT2D eigenvalue weighted by Crippen LogP contribution is -2.38. The van der Waals surface area contributed by atoms with Crippen LogP contribution in [-0.2, 0) is 11.2 Å². The summed E-state index contributed by atoms with van der Waals surface area (Å²) in [6, 6.07) is 12.0. The summed E-state index contributed by atoms with van der Waals surface area (Å²) in [7, 11) is 0. The van der Waals surface area contributed by atoms with Crippen LogP contribution in [0.25, 0.3) is 11.3 Å². The topological polar surface area (TPSA) is 67.4 Å². The smallest absolute Gasteiger partial charge is 0.255 e. The molecule has 0 aliphatic carbocycles. The van der Waals surface area contributed by atoms with Crippen molar-refractivity contribution in [2.24, 2.45) is 0 Å². The van der Waals surface area contributed by atoms with Gasteiger partial charge in [-0.3, -0.25) is 4.79 Å². The van der Waals surface area contributed by atoms with Gasteiger partial charge in [0, 0.05) is 36.8 Å². The van der Waals surface area contributed by atoms with Crippen molar-refractivity contribution in [3.05, 3.63) is 64.1 Å². The quantitative estimate of drug-likeness (QED) is 0.678. The number of hydrogen-bond donors (Lipinski definition) is 1. The number of thiazole rings is 1. The van der Waals surface area contributed by atoms with Crippen molar-refractivity contribution in [1.29, 1.82) is 0 Å². The Hall–Kier alpha value is -2.77. The first-order valence-electron chi connectivity index (χ1n) is 9.78. The van der Waals surface area contributed by atoms with Gasteiger partial charge in [0.2, 0.25) is 0 Å². The number of nitrogens with one attached hydrogen (secondary N) is 1. The highest BCUT2D eigenvalue weighted by Crippen LogP contribution is 2.22. The molecule has 3 heterocycles. The molecule has 0 unspecified atom stereocenters. The van der Waals surface area contributed by atoms with Crippen LogP contribution >= 0.6 is 11.3 Å². The Kier molecular flexibility index (Phi) is 6.17. The minimum absolute atomic E-state index is 0.0887. The summed E-state index contributed by atoms with van der Waals surface area (Å²) in [6.07, 6.45) is 2.50. The number of rotatable bonds is 6. The Morgan fingerprint density at radius 3 is 2.72 bits per heavy atom. The van der Waals surface area contributed by atoms with E-state index >= 15 is 0 Å². The zero-order chi connectivity index (χ0) is 20.1. The van der Waals surface area contributed by atoms with Gasteiger partial charge < -0.3 is 15.0 Å². The second-order valence-electron chi connectivity index (χ2n) is 6.93. The molecule has 1 aromatic carbocycles. The molecule has 0 atom stereocenters. The lowest BCUT2D eigenvalue weighted by Gasteiger charge is -2.29. The van der Waals surface area contributed by atoms with E-state index in [4.69, 9.17) is 4.74 Å². The number of aromatic nitrogens is 2. The Morgan fingerprint density at radius 1 is 1.21 bits per heavy atom. The van der Waals surface area contributed by atoms with Gasteiger partial charge in [-0.1, -0.05) is 24.3 Å². The van der Waals surface area contributed by atoms with E-state index in [1.54, 1.807) is 23.6 Å². The maximum atomic E-state index is 12.7. The standard InChI is InChI=1S/C22H24N4O2S/c1-16-25-20(15-29-16)18-6-4-17(5-7-18)8-10-24-22(27)19-3-2-9-23-21(19)26-11-13-28-14-12-26/h2-7,9,15H,8,10-14H2,1H3,(H,24,27). The molecule has 1 aliphatic heterocycles. The molecule has 1 amide bonds. The molecule has 0 saturated carbocycles. The molecule has 1 fully saturated rings. The maximum absolute atomic E-state index is 12.7. The highest BCUT2D eigenvalue weighted by Gasteiger charge is 2.19. The summed E-state index contributed by atoms with van der Waals surface area (Å²) in [5.41, 5.74) is 3.93. The Morgan fingerprint density at radius 2 is 2.00 bits per heavy atom. The van der Waals surface area contributed by atoms with Crippen LogP contribution < -0.4 is 10.2 Å². The van der Waals surface area contributed by atoms with Crippen LogP contribution in [0.3, 0.4) is 0 Å².